The molecule has 5 atom stereocenters. The van der Waals surface area contributed by atoms with E-state index in [2.05, 4.69) is 23.6 Å². The first-order valence-corrected chi connectivity index (χ1v) is 11.4. The largest absolute Gasteiger partial charge is 0.330 e. The highest BCUT2D eigenvalue weighted by molar-refractivity contribution is 5.91. The smallest absolute Gasteiger partial charge is 0.224 e. The maximum Gasteiger partial charge on any atom is 0.224 e. The predicted molar refractivity (Wildman–Crippen MR) is 114 cm³/mol. The van der Waals surface area contributed by atoms with Crippen molar-refractivity contribution in [1.82, 2.24) is 5.32 Å². The quantitative estimate of drug-likeness (QED) is 0.758. The number of rotatable bonds is 3. The first-order valence-electron chi connectivity index (χ1n) is 11.4. The van der Waals surface area contributed by atoms with Crippen LogP contribution in [0.25, 0.3) is 0 Å². The number of carbonyl (C=O) groups is 2. The number of hydrogen-bond acceptors (Lipinski definition) is 2. The van der Waals surface area contributed by atoms with E-state index < -0.39 is 0 Å². The van der Waals surface area contributed by atoms with Crippen LogP contribution >= 0.6 is 0 Å². The Morgan fingerprint density at radius 1 is 1.14 bits per heavy atom. The Kier molecular flexibility index (Phi) is 4.56. The van der Waals surface area contributed by atoms with E-state index in [1.807, 2.05) is 30.3 Å². The summed E-state index contributed by atoms with van der Waals surface area (Å²) >= 11 is 0. The average molecular weight is 393 g/mol. The summed E-state index contributed by atoms with van der Waals surface area (Å²) in [7, 11) is 0. The van der Waals surface area contributed by atoms with Crippen molar-refractivity contribution in [3.63, 3.8) is 0 Å². The van der Waals surface area contributed by atoms with Crippen molar-refractivity contribution >= 4 is 17.5 Å². The summed E-state index contributed by atoms with van der Waals surface area (Å²) in [6, 6.07) is 9.83. The Labute approximate surface area is 173 Å². The molecule has 0 bridgehead atoms. The van der Waals surface area contributed by atoms with Gasteiger partial charge in [0.2, 0.25) is 11.8 Å². The molecule has 4 heteroatoms. The molecule has 2 N–H and O–H groups in total. The van der Waals surface area contributed by atoms with Gasteiger partial charge in [0.1, 0.15) is 0 Å². The van der Waals surface area contributed by atoms with Crippen LogP contribution in [0, 0.1) is 28.6 Å². The van der Waals surface area contributed by atoms with Crippen LogP contribution in [0.4, 0.5) is 5.69 Å². The lowest BCUT2D eigenvalue weighted by molar-refractivity contribution is -0.127. The van der Waals surface area contributed by atoms with E-state index in [-0.39, 0.29) is 22.6 Å². The van der Waals surface area contributed by atoms with E-state index >= 15 is 0 Å². The summed E-state index contributed by atoms with van der Waals surface area (Å²) < 4.78 is 0. The standard InChI is InChI=1S/C25H32N2O2/c1-24-14-12-22(28)27-21(24)10-9-18-19(24)11-15-25(13-5-8-20(18)25)16-23(29)26-17-6-3-2-4-7-17/h2-4,6-7,10,18-20H,5,8-9,11-16H2,1H3,(H,26,29)(H,27,28)/t18-,19+,20+,24-,25+/m1/s1. The molecular formula is C25H32N2O2. The van der Waals surface area contributed by atoms with Crippen molar-refractivity contribution in [2.45, 2.75) is 64.7 Å². The third-order valence-electron chi connectivity index (χ3n) is 8.71. The summed E-state index contributed by atoms with van der Waals surface area (Å²) in [4.78, 5) is 24.9. The number of fused-ring (bicyclic) bond motifs is 5. The highest BCUT2D eigenvalue weighted by atomic mass is 16.2. The zero-order chi connectivity index (χ0) is 20.1. The summed E-state index contributed by atoms with van der Waals surface area (Å²) in [5, 5.41) is 6.31. The highest BCUT2D eigenvalue weighted by Crippen LogP contribution is 2.64. The molecule has 3 aliphatic carbocycles. The van der Waals surface area contributed by atoms with Gasteiger partial charge < -0.3 is 10.6 Å². The van der Waals surface area contributed by atoms with Crippen molar-refractivity contribution in [2.75, 3.05) is 5.32 Å². The van der Waals surface area contributed by atoms with E-state index in [0.29, 0.717) is 30.6 Å². The molecule has 5 rings (SSSR count). The molecule has 154 valence electrons. The third kappa shape index (κ3) is 3.12. The van der Waals surface area contributed by atoms with Crippen LogP contribution in [-0.2, 0) is 9.59 Å². The van der Waals surface area contributed by atoms with Gasteiger partial charge in [-0.1, -0.05) is 37.6 Å². The molecule has 3 fully saturated rings. The molecule has 0 unspecified atom stereocenters. The van der Waals surface area contributed by atoms with E-state index in [4.69, 9.17) is 0 Å². The summed E-state index contributed by atoms with van der Waals surface area (Å²) in [6.45, 7) is 2.37. The van der Waals surface area contributed by atoms with Gasteiger partial charge in [-0.3, -0.25) is 9.59 Å². The first-order chi connectivity index (χ1) is 14.0. The lowest BCUT2D eigenvalue weighted by atomic mass is 9.49. The Balaban J connectivity index is 1.36. The Bertz CT molecular complexity index is 848. The lowest BCUT2D eigenvalue weighted by Gasteiger charge is -2.57. The zero-order valence-corrected chi connectivity index (χ0v) is 17.4. The fraction of sp³-hybridized carbons (Fsp3) is 0.600. The molecule has 1 aliphatic heterocycles. The number of nitrogens with one attached hydrogen (secondary N) is 2. The minimum absolute atomic E-state index is 0.109. The molecule has 1 aromatic rings. The van der Waals surface area contributed by atoms with Gasteiger partial charge in [-0.2, -0.15) is 0 Å². The second-order valence-corrected chi connectivity index (χ2v) is 10.1. The number of amides is 2. The molecule has 0 spiro atoms. The number of anilines is 1. The van der Waals surface area contributed by atoms with Gasteiger partial charge >= 0.3 is 0 Å². The van der Waals surface area contributed by atoms with Gasteiger partial charge in [-0.15, -0.1) is 0 Å². The maximum absolute atomic E-state index is 12.9. The summed E-state index contributed by atoms with van der Waals surface area (Å²) in [5.74, 6) is 2.27. The minimum atomic E-state index is 0.109. The van der Waals surface area contributed by atoms with Gasteiger partial charge in [0.15, 0.2) is 0 Å². The molecule has 0 aromatic heterocycles. The number of hydrogen-bond donors (Lipinski definition) is 2. The third-order valence-corrected chi connectivity index (χ3v) is 8.71. The SMILES string of the molecule is C[C@]12CCC(=O)NC1=CC[C@H]1[C@@H]3CCC[C@@]3(CC(=O)Nc3ccccc3)CC[C@@H]12. The average Bonchev–Trinajstić information content (AvgIpc) is 3.13. The van der Waals surface area contributed by atoms with Crippen LogP contribution in [0.5, 0.6) is 0 Å². The maximum atomic E-state index is 12.9. The van der Waals surface area contributed by atoms with Crippen LogP contribution in [0.15, 0.2) is 42.1 Å². The van der Waals surface area contributed by atoms with Gasteiger partial charge in [-0.05, 0) is 73.8 Å². The normalized spacial score (nSPS) is 38.2. The first kappa shape index (κ1) is 18.9. The van der Waals surface area contributed by atoms with Crippen molar-refractivity contribution in [2.24, 2.45) is 28.6 Å². The van der Waals surface area contributed by atoms with E-state index in [1.54, 1.807) is 0 Å². The Morgan fingerprint density at radius 2 is 1.97 bits per heavy atom. The van der Waals surface area contributed by atoms with Crippen molar-refractivity contribution < 1.29 is 9.59 Å². The molecule has 4 aliphatic rings. The van der Waals surface area contributed by atoms with Gasteiger partial charge in [0.05, 0.1) is 0 Å². The fourth-order valence-corrected chi connectivity index (χ4v) is 7.34. The Morgan fingerprint density at radius 3 is 2.79 bits per heavy atom. The van der Waals surface area contributed by atoms with Gasteiger partial charge in [0, 0.05) is 29.6 Å². The Hall–Kier alpha value is -2.10. The zero-order valence-electron chi connectivity index (χ0n) is 17.4. The van der Waals surface area contributed by atoms with E-state index in [1.165, 1.54) is 31.4 Å². The lowest BCUT2D eigenvalue weighted by Crippen LogP contribution is -2.53. The highest BCUT2D eigenvalue weighted by Gasteiger charge is 2.57. The van der Waals surface area contributed by atoms with E-state index in [0.717, 1.165) is 24.9 Å². The number of para-hydroxylation sites is 1. The van der Waals surface area contributed by atoms with Crippen molar-refractivity contribution in [3.8, 4) is 0 Å². The molecule has 1 heterocycles. The molecule has 4 nitrogen and oxygen atoms in total. The second kappa shape index (κ2) is 7.00. The molecule has 2 amide bonds. The van der Waals surface area contributed by atoms with Crippen LogP contribution in [0.2, 0.25) is 0 Å². The van der Waals surface area contributed by atoms with Crippen molar-refractivity contribution in [1.29, 1.82) is 0 Å². The number of benzene rings is 1. The minimum Gasteiger partial charge on any atom is -0.330 e. The number of piperidine rings is 1. The molecule has 29 heavy (non-hydrogen) atoms. The topological polar surface area (TPSA) is 58.2 Å². The monoisotopic (exact) mass is 392 g/mol. The van der Waals surface area contributed by atoms with Crippen molar-refractivity contribution in [3.05, 3.63) is 42.1 Å². The number of carbonyl (C=O) groups excluding carboxylic acids is 2. The second-order valence-electron chi connectivity index (χ2n) is 10.1. The molecule has 2 saturated carbocycles. The van der Waals surface area contributed by atoms with Gasteiger partial charge in [-0.25, -0.2) is 0 Å². The summed E-state index contributed by atoms with van der Waals surface area (Å²) in [6.07, 6.45) is 11.7. The molecular weight excluding hydrogens is 360 g/mol. The molecule has 1 saturated heterocycles. The number of allylic oxidation sites excluding steroid dienone is 2. The van der Waals surface area contributed by atoms with Crippen LogP contribution in [-0.4, -0.2) is 11.8 Å². The van der Waals surface area contributed by atoms with Crippen LogP contribution < -0.4 is 10.6 Å². The van der Waals surface area contributed by atoms with Crippen LogP contribution in [0.1, 0.15) is 64.7 Å². The van der Waals surface area contributed by atoms with Crippen LogP contribution in [0.3, 0.4) is 0 Å². The predicted octanol–water partition coefficient (Wildman–Crippen LogP) is 5.03. The molecule has 0 radical (unpaired) electrons. The van der Waals surface area contributed by atoms with E-state index in [9.17, 15) is 9.59 Å². The summed E-state index contributed by atoms with van der Waals surface area (Å²) in [5.41, 5.74) is 2.35. The fourth-order valence-electron chi connectivity index (χ4n) is 7.34. The van der Waals surface area contributed by atoms with Gasteiger partial charge in [0.25, 0.3) is 0 Å². The molecule has 1 aromatic carbocycles.